The molecule has 0 fully saturated rings. The maximum absolute atomic E-state index is 12.3. The Morgan fingerprint density at radius 3 is 2.61 bits per heavy atom. The molecule has 5 heteroatoms. The Hall–Kier alpha value is -1.64. The molecule has 0 saturated heterocycles. The van der Waals surface area contributed by atoms with Crippen LogP contribution in [-0.4, -0.2) is 26.3 Å². The van der Waals surface area contributed by atoms with Crippen molar-refractivity contribution in [2.45, 2.75) is 18.7 Å². The van der Waals surface area contributed by atoms with Crippen molar-refractivity contribution in [3.05, 3.63) is 41.5 Å². The van der Waals surface area contributed by atoms with Crippen molar-refractivity contribution in [3.63, 3.8) is 0 Å². The second-order valence-corrected chi connectivity index (χ2v) is 6.32. The Balaban J connectivity index is 3.28. The first-order chi connectivity index (χ1) is 8.28. The largest absolute Gasteiger partial charge is 0.243 e. The number of rotatable bonds is 4. The summed E-state index contributed by atoms with van der Waals surface area (Å²) in [5.41, 5.74) is 1.72. The molecule has 0 amide bonds. The van der Waals surface area contributed by atoms with Crippen LogP contribution in [0.3, 0.4) is 0 Å². The summed E-state index contributed by atoms with van der Waals surface area (Å²) >= 11 is 0. The third-order valence-corrected chi connectivity index (χ3v) is 4.44. The zero-order valence-corrected chi connectivity index (χ0v) is 11.6. The molecule has 0 bridgehead atoms. The average molecular weight is 264 g/mol. The highest BCUT2D eigenvalue weighted by molar-refractivity contribution is 7.89. The molecule has 1 aromatic rings. The Morgan fingerprint density at radius 1 is 1.50 bits per heavy atom. The highest BCUT2D eigenvalue weighted by Crippen LogP contribution is 2.20. The van der Waals surface area contributed by atoms with Crippen molar-refractivity contribution in [2.75, 3.05) is 13.6 Å². The number of nitrogens with zero attached hydrogens (tertiary/aromatic N) is 2. The summed E-state index contributed by atoms with van der Waals surface area (Å²) in [5, 5.41) is 8.83. The van der Waals surface area contributed by atoms with E-state index in [0.717, 1.165) is 5.57 Å². The molecule has 0 spiro atoms. The number of benzene rings is 1. The van der Waals surface area contributed by atoms with Gasteiger partial charge in [0.15, 0.2) is 0 Å². The molecule has 96 valence electrons. The smallest absolute Gasteiger partial charge is 0.207 e. The minimum atomic E-state index is -3.58. The summed E-state index contributed by atoms with van der Waals surface area (Å²) in [4.78, 5) is 0.172. The number of nitriles is 1. The minimum Gasteiger partial charge on any atom is -0.207 e. The maximum atomic E-state index is 12.3. The number of sulfonamides is 1. The zero-order chi connectivity index (χ0) is 13.9. The van der Waals surface area contributed by atoms with Gasteiger partial charge in [0.1, 0.15) is 0 Å². The molecule has 18 heavy (non-hydrogen) atoms. The normalized spacial score (nSPS) is 11.3. The fraction of sp³-hybridized carbons (Fsp3) is 0.308. The fourth-order valence-electron chi connectivity index (χ4n) is 1.58. The van der Waals surface area contributed by atoms with E-state index in [1.165, 1.54) is 17.4 Å². The fourth-order valence-corrected chi connectivity index (χ4v) is 3.06. The van der Waals surface area contributed by atoms with Gasteiger partial charge >= 0.3 is 0 Å². The lowest BCUT2D eigenvalue weighted by Crippen LogP contribution is -2.29. The van der Waals surface area contributed by atoms with Gasteiger partial charge < -0.3 is 0 Å². The van der Waals surface area contributed by atoms with Gasteiger partial charge in [-0.15, -0.1) is 0 Å². The molecule has 0 N–H and O–H groups in total. The molecule has 0 aromatic heterocycles. The Kier molecular flexibility index (Phi) is 4.28. The van der Waals surface area contributed by atoms with E-state index in [4.69, 9.17) is 5.26 Å². The first-order valence-corrected chi connectivity index (χ1v) is 6.84. The quantitative estimate of drug-likeness (QED) is 0.782. The van der Waals surface area contributed by atoms with E-state index in [-0.39, 0.29) is 11.4 Å². The molecular formula is C13H16N2O2S. The molecule has 1 aromatic carbocycles. The van der Waals surface area contributed by atoms with Crippen LogP contribution in [0.4, 0.5) is 0 Å². The van der Waals surface area contributed by atoms with Crippen molar-refractivity contribution in [1.29, 1.82) is 5.26 Å². The summed E-state index contributed by atoms with van der Waals surface area (Å²) in [7, 11) is -2.07. The van der Waals surface area contributed by atoms with E-state index in [1.54, 1.807) is 26.0 Å². The van der Waals surface area contributed by atoms with Crippen LogP contribution in [-0.2, 0) is 10.0 Å². The van der Waals surface area contributed by atoms with Crippen LogP contribution in [0, 0.1) is 18.3 Å². The van der Waals surface area contributed by atoms with Crippen LogP contribution in [0.5, 0.6) is 0 Å². The molecule has 0 atom stereocenters. The van der Waals surface area contributed by atoms with Crippen molar-refractivity contribution >= 4 is 10.0 Å². The SMILES string of the molecule is C=C(C)CN(C)S(=O)(=O)c1cc(C#N)ccc1C. The predicted octanol–water partition coefficient (Wildman–Crippen LogP) is 2.06. The van der Waals surface area contributed by atoms with E-state index < -0.39 is 10.0 Å². The molecular weight excluding hydrogens is 248 g/mol. The number of aryl methyl sites for hydroxylation is 1. The number of likely N-dealkylation sites (N-methyl/N-ethyl adjacent to an activating group) is 1. The van der Waals surface area contributed by atoms with Gasteiger partial charge in [0.25, 0.3) is 0 Å². The first-order valence-electron chi connectivity index (χ1n) is 5.40. The molecule has 4 nitrogen and oxygen atoms in total. The van der Waals surface area contributed by atoms with Crippen LogP contribution in [0.1, 0.15) is 18.1 Å². The molecule has 0 heterocycles. The molecule has 0 aliphatic carbocycles. The van der Waals surface area contributed by atoms with Gasteiger partial charge in [0.05, 0.1) is 16.5 Å². The van der Waals surface area contributed by atoms with Gasteiger partial charge in [-0.1, -0.05) is 18.2 Å². The average Bonchev–Trinajstić information content (AvgIpc) is 2.28. The Morgan fingerprint density at radius 2 is 2.11 bits per heavy atom. The molecule has 0 radical (unpaired) electrons. The zero-order valence-electron chi connectivity index (χ0n) is 10.8. The van der Waals surface area contributed by atoms with Gasteiger partial charge in [-0.3, -0.25) is 0 Å². The second-order valence-electron chi connectivity index (χ2n) is 4.31. The van der Waals surface area contributed by atoms with Crippen LogP contribution >= 0.6 is 0 Å². The summed E-state index contributed by atoms with van der Waals surface area (Å²) in [6, 6.07) is 6.59. The first kappa shape index (κ1) is 14.4. The van der Waals surface area contributed by atoms with Crippen molar-refractivity contribution in [3.8, 4) is 6.07 Å². The highest BCUT2D eigenvalue weighted by atomic mass is 32.2. The highest BCUT2D eigenvalue weighted by Gasteiger charge is 2.22. The van der Waals surface area contributed by atoms with Crippen molar-refractivity contribution in [2.24, 2.45) is 0 Å². The number of hydrogen-bond acceptors (Lipinski definition) is 3. The van der Waals surface area contributed by atoms with Crippen LogP contribution in [0.15, 0.2) is 35.2 Å². The lowest BCUT2D eigenvalue weighted by molar-refractivity contribution is 0.492. The third kappa shape index (κ3) is 2.97. The summed E-state index contributed by atoms with van der Waals surface area (Å²) < 4.78 is 25.9. The summed E-state index contributed by atoms with van der Waals surface area (Å²) in [6.45, 7) is 7.44. The van der Waals surface area contributed by atoms with Crippen LogP contribution in [0.2, 0.25) is 0 Å². The molecule has 0 aliphatic rings. The lowest BCUT2D eigenvalue weighted by Gasteiger charge is -2.18. The summed E-state index contributed by atoms with van der Waals surface area (Å²) in [5.74, 6) is 0. The van der Waals surface area contributed by atoms with E-state index in [2.05, 4.69) is 6.58 Å². The van der Waals surface area contributed by atoms with Gasteiger partial charge in [0, 0.05) is 13.6 Å². The van der Waals surface area contributed by atoms with Crippen molar-refractivity contribution < 1.29 is 8.42 Å². The van der Waals surface area contributed by atoms with E-state index in [0.29, 0.717) is 11.1 Å². The Labute approximate surface area is 108 Å². The Bertz CT molecular complexity index is 612. The van der Waals surface area contributed by atoms with Crippen molar-refractivity contribution in [1.82, 2.24) is 4.31 Å². The maximum Gasteiger partial charge on any atom is 0.243 e. The van der Waals surface area contributed by atoms with Crippen LogP contribution < -0.4 is 0 Å². The lowest BCUT2D eigenvalue weighted by atomic mass is 10.2. The molecule has 0 aliphatic heterocycles. The van der Waals surface area contributed by atoms with Gasteiger partial charge in [-0.05, 0) is 31.5 Å². The van der Waals surface area contributed by atoms with Crippen LogP contribution in [0.25, 0.3) is 0 Å². The summed E-state index contributed by atoms with van der Waals surface area (Å²) in [6.07, 6.45) is 0. The van der Waals surface area contributed by atoms with E-state index >= 15 is 0 Å². The predicted molar refractivity (Wildman–Crippen MR) is 70.5 cm³/mol. The van der Waals surface area contributed by atoms with Gasteiger partial charge in [-0.25, -0.2) is 8.42 Å². The molecule has 1 rings (SSSR count). The third-order valence-electron chi connectivity index (χ3n) is 2.50. The van der Waals surface area contributed by atoms with Gasteiger partial charge in [-0.2, -0.15) is 9.57 Å². The molecule has 0 saturated carbocycles. The number of hydrogen-bond donors (Lipinski definition) is 0. The molecule has 0 unspecified atom stereocenters. The topological polar surface area (TPSA) is 61.2 Å². The second kappa shape index (κ2) is 5.34. The minimum absolute atomic E-state index is 0.172. The van der Waals surface area contributed by atoms with E-state index in [9.17, 15) is 8.42 Å². The monoisotopic (exact) mass is 264 g/mol. The van der Waals surface area contributed by atoms with Gasteiger partial charge in [0.2, 0.25) is 10.0 Å². The van der Waals surface area contributed by atoms with E-state index in [1.807, 2.05) is 6.07 Å². The standard InChI is InChI=1S/C13H16N2O2S/c1-10(2)9-15(4)18(16,17)13-7-12(8-14)6-5-11(13)3/h5-7H,1,9H2,2-4H3.